The highest BCUT2D eigenvalue weighted by Crippen LogP contribution is 2.26. The van der Waals surface area contributed by atoms with Crippen LogP contribution in [0, 0.1) is 0 Å². The van der Waals surface area contributed by atoms with E-state index in [0.717, 1.165) is 10.1 Å². The van der Waals surface area contributed by atoms with E-state index >= 15 is 0 Å². The number of aromatic nitrogens is 2. The molecule has 0 saturated heterocycles. The summed E-state index contributed by atoms with van der Waals surface area (Å²) in [7, 11) is 3.01. The van der Waals surface area contributed by atoms with Crippen LogP contribution in [-0.2, 0) is 20.5 Å². The summed E-state index contributed by atoms with van der Waals surface area (Å²) in [5, 5.41) is 0. The molecule has 0 bridgehead atoms. The standard InChI is InChI=1S/C16H14N2O3/c1-17-9-12(15(20)18(2)16(17)21)8-11-7-10-5-3-4-6-13(10)14(11)19/h3-6,8-9H,7H2,1-2H3/b11-8+. The highest BCUT2D eigenvalue weighted by molar-refractivity contribution is 6.15. The number of hydrogen-bond donors (Lipinski definition) is 0. The van der Waals surface area contributed by atoms with Gasteiger partial charge < -0.3 is 4.57 Å². The van der Waals surface area contributed by atoms with Gasteiger partial charge in [0.15, 0.2) is 5.78 Å². The van der Waals surface area contributed by atoms with Gasteiger partial charge in [-0.3, -0.25) is 14.2 Å². The molecule has 0 aliphatic heterocycles. The minimum atomic E-state index is -0.394. The van der Waals surface area contributed by atoms with E-state index in [-0.39, 0.29) is 11.5 Å². The largest absolute Gasteiger partial charge is 0.330 e. The zero-order valence-electron chi connectivity index (χ0n) is 11.8. The molecule has 1 aromatic carbocycles. The predicted octanol–water partition coefficient (Wildman–Crippen LogP) is 0.906. The molecule has 1 aliphatic rings. The summed E-state index contributed by atoms with van der Waals surface area (Å²) in [6.45, 7) is 0. The first-order chi connectivity index (χ1) is 9.99. The summed E-state index contributed by atoms with van der Waals surface area (Å²) < 4.78 is 2.37. The van der Waals surface area contributed by atoms with Crippen LogP contribution >= 0.6 is 0 Å². The molecule has 0 spiro atoms. The highest BCUT2D eigenvalue weighted by Gasteiger charge is 2.24. The SMILES string of the molecule is Cn1cc(/C=C2\Cc3ccccc3C2=O)c(=O)n(C)c1=O. The van der Waals surface area contributed by atoms with E-state index in [0.29, 0.717) is 23.1 Å². The lowest BCUT2D eigenvalue weighted by Crippen LogP contribution is -2.37. The Morgan fingerprint density at radius 2 is 1.81 bits per heavy atom. The Balaban J connectivity index is 2.12. The van der Waals surface area contributed by atoms with E-state index in [1.54, 1.807) is 19.2 Å². The first-order valence-corrected chi connectivity index (χ1v) is 6.59. The van der Waals surface area contributed by atoms with Crippen molar-refractivity contribution < 1.29 is 4.79 Å². The minimum absolute atomic E-state index is 0.0542. The van der Waals surface area contributed by atoms with Gasteiger partial charge in [0.1, 0.15) is 0 Å². The maximum Gasteiger partial charge on any atom is 0.330 e. The van der Waals surface area contributed by atoms with Crippen molar-refractivity contribution in [1.82, 2.24) is 9.13 Å². The van der Waals surface area contributed by atoms with Crippen LogP contribution < -0.4 is 11.2 Å². The average Bonchev–Trinajstić information content (AvgIpc) is 2.79. The maximum absolute atomic E-state index is 12.3. The van der Waals surface area contributed by atoms with Gasteiger partial charge in [-0.1, -0.05) is 24.3 Å². The van der Waals surface area contributed by atoms with Crippen molar-refractivity contribution in [2.75, 3.05) is 0 Å². The van der Waals surface area contributed by atoms with Crippen LogP contribution in [0.4, 0.5) is 0 Å². The van der Waals surface area contributed by atoms with Gasteiger partial charge >= 0.3 is 5.69 Å². The van der Waals surface area contributed by atoms with E-state index in [1.807, 2.05) is 18.2 Å². The number of benzene rings is 1. The summed E-state index contributed by atoms with van der Waals surface area (Å²) in [6, 6.07) is 7.41. The molecular weight excluding hydrogens is 268 g/mol. The van der Waals surface area contributed by atoms with Crippen molar-refractivity contribution in [3.8, 4) is 0 Å². The van der Waals surface area contributed by atoms with Crippen molar-refractivity contribution >= 4 is 11.9 Å². The van der Waals surface area contributed by atoms with Gasteiger partial charge in [-0.2, -0.15) is 0 Å². The van der Waals surface area contributed by atoms with Crippen molar-refractivity contribution in [3.05, 3.63) is 73.6 Å². The Kier molecular flexibility index (Phi) is 2.97. The van der Waals surface area contributed by atoms with Crippen molar-refractivity contribution in [1.29, 1.82) is 0 Å². The third-order valence-electron chi connectivity index (χ3n) is 3.74. The van der Waals surface area contributed by atoms with Gasteiger partial charge in [-0.25, -0.2) is 4.79 Å². The molecule has 0 saturated carbocycles. The molecular formula is C16H14N2O3. The molecule has 21 heavy (non-hydrogen) atoms. The summed E-state index contributed by atoms with van der Waals surface area (Å²) in [6.07, 6.45) is 3.57. The third-order valence-corrected chi connectivity index (χ3v) is 3.74. The number of carbonyl (C=O) groups excluding carboxylic acids is 1. The Bertz CT molecular complexity index is 900. The van der Waals surface area contributed by atoms with Crippen LogP contribution in [0.25, 0.3) is 6.08 Å². The lowest BCUT2D eigenvalue weighted by Gasteiger charge is -2.04. The Hall–Kier alpha value is -2.69. The highest BCUT2D eigenvalue weighted by atomic mass is 16.2. The second kappa shape index (κ2) is 4.70. The third kappa shape index (κ3) is 2.07. The zero-order valence-corrected chi connectivity index (χ0v) is 11.8. The number of hydrogen-bond acceptors (Lipinski definition) is 3. The van der Waals surface area contributed by atoms with Gasteiger partial charge in [0.25, 0.3) is 5.56 Å². The van der Waals surface area contributed by atoms with Crippen LogP contribution in [0.15, 0.2) is 45.6 Å². The van der Waals surface area contributed by atoms with E-state index in [9.17, 15) is 14.4 Å². The number of nitrogens with zero attached hydrogens (tertiary/aromatic N) is 2. The number of aryl methyl sites for hydroxylation is 1. The normalized spacial score (nSPS) is 15.5. The van der Waals surface area contributed by atoms with Crippen LogP contribution in [0.1, 0.15) is 21.5 Å². The lowest BCUT2D eigenvalue weighted by atomic mass is 10.1. The second-order valence-corrected chi connectivity index (χ2v) is 5.17. The number of allylic oxidation sites excluding steroid dienone is 1. The van der Waals surface area contributed by atoms with Gasteiger partial charge in [-0.05, 0) is 11.6 Å². The average molecular weight is 282 g/mol. The number of rotatable bonds is 1. The summed E-state index contributed by atoms with van der Waals surface area (Å²) in [5.74, 6) is -0.0542. The fraction of sp³-hybridized carbons (Fsp3) is 0.188. The van der Waals surface area contributed by atoms with E-state index in [4.69, 9.17) is 0 Å². The van der Waals surface area contributed by atoms with Crippen molar-refractivity contribution in [3.63, 3.8) is 0 Å². The summed E-state index contributed by atoms with van der Waals surface area (Å²) in [4.78, 5) is 36.1. The molecule has 0 atom stereocenters. The molecule has 0 radical (unpaired) electrons. The molecule has 0 unspecified atom stereocenters. The van der Waals surface area contributed by atoms with Gasteiger partial charge in [0, 0.05) is 37.8 Å². The Morgan fingerprint density at radius 3 is 2.52 bits per heavy atom. The second-order valence-electron chi connectivity index (χ2n) is 5.17. The summed E-state index contributed by atoms with van der Waals surface area (Å²) in [5.41, 5.74) is 1.79. The molecule has 1 heterocycles. The molecule has 5 heteroatoms. The molecule has 0 N–H and O–H groups in total. The number of fused-ring (bicyclic) bond motifs is 1. The molecule has 0 amide bonds. The minimum Gasteiger partial charge on any atom is -0.303 e. The van der Waals surface area contributed by atoms with E-state index in [1.165, 1.54) is 17.8 Å². The zero-order chi connectivity index (χ0) is 15.1. The molecule has 3 rings (SSSR count). The summed E-state index contributed by atoms with van der Waals surface area (Å²) >= 11 is 0. The van der Waals surface area contributed by atoms with Crippen LogP contribution in [0.2, 0.25) is 0 Å². The first kappa shape index (κ1) is 13.3. The fourth-order valence-electron chi connectivity index (χ4n) is 2.59. The van der Waals surface area contributed by atoms with Crippen molar-refractivity contribution in [2.45, 2.75) is 6.42 Å². The molecule has 1 aliphatic carbocycles. The first-order valence-electron chi connectivity index (χ1n) is 6.59. The Labute approximate surface area is 120 Å². The van der Waals surface area contributed by atoms with Crippen LogP contribution in [0.3, 0.4) is 0 Å². The number of ketones is 1. The fourth-order valence-corrected chi connectivity index (χ4v) is 2.59. The quantitative estimate of drug-likeness (QED) is 0.730. The van der Waals surface area contributed by atoms with Gasteiger partial charge in [0.2, 0.25) is 0 Å². The van der Waals surface area contributed by atoms with Crippen molar-refractivity contribution in [2.24, 2.45) is 14.1 Å². The molecule has 1 aromatic heterocycles. The van der Waals surface area contributed by atoms with Crippen LogP contribution in [-0.4, -0.2) is 14.9 Å². The molecule has 2 aromatic rings. The number of Topliss-reactive ketones (excluding diaryl/α,β-unsaturated/α-hetero) is 1. The molecule has 5 nitrogen and oxygen atoms in total. The monoisotopic (exact) mass is 282 g/mol. The maximum atomic E-state index is 12.3. The molecule has 106 valence electrons. The molecule has 0 fully saturated rings. The van der Waals surface area contributed by atoms with Gasteiger partial charge in [-0.15, -0.1) is 0 Å². The van der Waals surface area contributed by atoms with E-state index in [2.05, 4.69) is 0 Å². The number of carbonyl (C=O) groups is 1. The van der Waals surface area contributed by atoms with Crippen LogP contribution in [0.5, 0.6) is 0 Å². The predicted molar refractivity (Wildman–Crippen MR) is 79.4 cm³/mol. The lowest BCUT2D eigenvalue weighted by molar-refractivity contribution is 0.104. The van der Waals surface area contributed by atoms with E-state index < -0.39 is 5.56 Å². The van der Waals surface area contributed by atoms with Gasteiger partial charge in [0.05, 0.1) is 5.56 Å². The Morgan fingerprint density at radius 1 is 1.10 bits per heavy atom. The topological polar surface area (TPSA) is 61.1 Å². The smallest absolute Gasteiger partial charge is 0.303 e.